The molecule has 0 spiro atoms. The van der Waals surface area contributed by atoms with Crippen LogP contribution in [0.2, 0.25) is 0 Å². The molecule has 0 N–H and O–H groups in total. The normalized spacial score (nSPS) is 11.6. The first-order chi connectivity index (χ1) is 8.79. The third-order valence-electron chi connectivity index (χ3n) is 2.74. The van der Waals surface area contributed by atoms with Crippen LogP contribution in [0.5, 0.6) is 0 Å². The van der Waals surface area contributed by atoms with Gasteiger partial charge in [-0.1, -0.05) is 20.8 Å². The van der Waals surface area contributed by atoms with Gasteiger partial charge in [-0.2, -0.15) is 0 Å². The molecule has 0 aliphatic carbocycles. The molecule has 0 saturated heterocycles. The van der Waals surface area contributed by atoms with Gasteiger partial charge < -0.3 is 0 Å². The van der Waals surface area contributed by atoms with Crippen molar-refractivity contribution < 1.29 is 9.18 Å². The van der Waals surface area contributed by atoms with Crippen LogP contribution in [0.15, 0.2) is 30.3 Å². The minimum Gasteiger partial charge on any atom is -0.288 e. The highest BCUT2D eigenvalue weighted by Crippen LogP contribution is 2.31. The first kappa shape index (κ1) is 14.7. The van der Waals surface area contributed by atoms with Gasteiger partial charge in [0.05, 0.1) is 4.88 Å². The number of halogens is 2. The smallest absolute Gasteiger partial charge is 0.204 e. The molecule has 0 bridgehead atoms. The molecule has 100 valence electrons. The number of hydrogen-bond acceptors (Lipinski definition) is 2. The van der Waals surface area contributed by atoms with Gasteiger partial charge in [-0.15, -0.1) is 11.3 Å². The van der Waals surface area contributed by atoms with E-state index in [1.807, 2.05) is 34.7 Å². The van der Waals surface area contributed by atoms with Gasteiger partial charge in [-0.05, 0) is 58.3 Å². The molecule has 1 aromatic carbocycles. The van der Waals surface area contributed by atoms with E-state index in [2.05, 4.69) is 20.8 Å². The van der Waals surface area contributed by atoms with Crippen LogP contribution in [0.1, 0.15) is 40.9 Å². The Morgan fingerprint density at radius 3 is 2.42 bits per heavy atom. The summed E-state index contributed by atoms with van der Waals surface area (Å²) in [7, 11) is 0. The summed E-state index contributed by atoms with van der Waals surface area (Å²) in [4.78, 5) is 14.3. The van der Waals surface area contributed by atoms with Crippen LogP contribution in [0.3, 0.4) is 0 Å². The first-order valence-corrected chi connectivity index (χ1v) is 7.78. The molecule has 1 aromatic heterocycles. The lowest BCUT2D eigenvalue weighted by molar-refractivity contribution is 0.104. The van der Waals surface area contributed by atoms with Gasteiger partial charge in [0, 0.05) is 14.0 Å². The monoisotopic (exact) mass is 388 g/mol. The standard InChI is InChI=1S/C15H14FIOS/c1-15(2,3)13-7-6-12(19-13)14(18)10-5-4-9(16)8-11(10)17/h4-8H,1-3H3. The van der Waals surface area contributed by atoms with E-state index < -0.39 is 0 Å². The average Bonchev–Trinajstić information content (AvgIpc) is 2.76. The van der Waals surface area contributed by atoms with E-state index in [1.54, 1.807) is 6.07 Å². The molecule has 0 aliphatic heterocycles. The minimum atomic E-state index is -0.317. The number of carbonyl (C=O) groups excluding carboxylic acids is 1. The molecule has 1 nitrogen and oxygen atoms in total. The van der Waals surface area contributed by atoms with E-state index in [0.29, 0.717) is 14.0 Å². The molecule has 0 saturated carbocycles. The lowest BCUT2D eigenvalue weighted by Gasteiger charge is -2.15. The first-order valence-electron chi connectivity index (χ1n) is 5.89. The Hall–Kier alpha value is -0.750. The summed E-state index contributed by atoms with van der Waals surface area (Å²) in [6.45, 7) is 6.36. The zero-order valence-corrected chi connectivity index (χ0v) is 13.9. The highest BCUT2D eigenvalue weighted by molar-refractivity contribution is 14.1. The second kappa shape index (κ2) is 5.32. The summed E-state index contributed by atoms with van der Waals surface area (Å²) in [5.41, 5.74) is 0.600. The average molecular weight is 388 g/mol. The van der Waals surface area contributed by atoms with Gasteiger partial charge in [0.1, 0.15) is 5.82 Å². The van der Waals surface area contributed by atoms with Crippen LogP contribution in [0.4, 0.5) is 4.39 Å². The summed E-state index contributed by atoms with van der Waals surface area (Å²) in [5.74, 6) is -0.354. The van der Waals surface area contributed by atoms with Crippen molar-refractivity contribution in [3.05, 3.63) is 55.0 Å². The lowest BCUT2D eigenvalue weighted by atomic mass is 9.95. The summed E-state index contributed by atoms with van der Waals surface area (Å²) in [6, 6.07) is 8.11. The summed E-state index contributed by atoms with van der Waals surface area (Å²) < 4.78 is 13.7. The molecule has 0 unspecified atom stereocenters. The summed E-state index contributed by atoms with van der Waals surface area (Å²) >= 11 is 3.50. The van der Waals surface area contributed by atoms with Crippen LogP contribution in [-0.2, 0) is 5.41 Å². The Balaban J connectivity index is 2.37. The molecule has 0 fully saturated rings. The van der Waals surface area contributed by atoms with Crippen LogP contribution in [0, 0.1) is 9.39 Å². The quantitative estimate of drug-likeness (QED) is 0.522. The Morgan fingerprint density at radius 2 is 1.89 bits per heavy atom. The second-order valence-electron chi connectivity index (χ2n) is 5.37. The highest BCUT2D eigenvalue weighted by Gasteiger charge is 2.20. The van der Waals surface area contributed by atoms with Crippen molar-refractivity contribution in [3.8, 4) is 0 Å². The molecule has 19 heavy (non-hydrogen) atoms. The van der Waals surface area contributed by atoms with Gasteiger partial charge in [0.2, 0.25) is 5.78 Å². The number of rotatable bonds is 2. The number of thiophene rings is 1. The maximum Gasteiger partial charge on any atom is 0.204 e. The fourth-order valence-electron chi connectivity index (χ4n) is 1.67. The number of ketones is 1. The van der Waals surface area contributed by atoms with Crippen LogP contribution < -0.4 is 0 Å². The fourth-order valence-corrected chi connectivity index (χ4v) is 3.41. The lowest BCUT2D eigenvalue weighted by Crippen LogP contribution is -2.08. The van der Waals surface area contributed by atoms with Crippen molar-refractivity contribution in [1.29, 1.82) is 0 Å². The van der Waals surface area contributed by atoms with Crippen LogP contribution in [0.25, 0.3) is 0 Å². The highest BCUT2D eigenvalue weighted by atomic mass is 127. The molecular weight excluding hydrogens is 374 g/mol. The van der Waals surface area contributed by atoms with E-state index in [9.17, 15) is 9.18 Å². The molecule has 0 amide bonds. The predicted octanol–water partition coefficient (Wildman–Crippen LogP) is 5.02. The number of carbonyl (C=O) groups is 1. The molecule has 0 atom stereocenters. The predicted molar refractivity (Wildman–Crippen MR) is 85.6 cm³/mol. The van der Waals surface area contributed by atoms with Crippen LogP contribution >= 0.6 is 33.9 Å². The van der Waals surface area contributed by atoms with Crippen molar-refractivity contribution in [1.82, 2.24) is 0 Å². The fraction of sp³-hybridized carbons (Fsp3) is 0.267. The molecule has 0 aliphatic rings. The Kier molecular flexibility index (Phi) is 4.11. The zero-order valence-electron chi connectivity index (χ0n) is 11.0. The minimum absolute atomic E-state index is 0.0371. The maximum absolute atomic E-state index is 13.1. The van der Waals surface area contributed by atoms with Crippen molar-refractivity contribution >= 4 is 39.7 Å². The van der Waals surface area contributed by atoms with Crippen molar-refractivity contribution in [2.75, 3.05) is 0 Å². The largest absolute Gasteiger partial charge is 0.288 e. The molecule has 2 aromatic rings. The summed E-state index contributed by atoms with van der Waals surface area (Å²) in [5, 5.41) is 0. The van der Waals surface area contributed by atoms with E-state index in [1.165, 1.54) is 28.3 Å². The molecule has 2 rings (SSSR count). The molecule has 4 heteroatoms. The molecule has 1 heterocycles. The number of hydrogen-bond donors (Lipinski definition) is 0. The van der Waals surface area contributed by atoms with Crippen LogP contribution in [-0.4, -0.2) is 5.78 Å². The third-order valence-corrected chi connectivity index (χ3v) is 5.15. The number of benzene rings is 1. The van der Waals surface area contributed by atoms with E-state index >= 15 is 0 Å². The Bertz CT molecular complexity index is 625. The van der Waals surface area contributed by atoms with E-state index in [0.717, 1.165) is 0 Å². The molecular formula is C15H14FIOS. The van der Waals surface area contributed by atoms with Gasteiger partial charge >= 0.3 is 0 Å². The third kappa shape index (κ3) is 3.23. The zero-order chi connectivity index (χ0) is 14.2. The second-order valence-corrected chi connectivity index (χ2v) is 7.61. The maximum atomic E-state index is 13.1. The van der Waals surface area contributed by atoms with E-state index in [4.69, 9.17) is 0 Å². The Morgan fingerprint density at radius 1 is 1.21 bits per heavy atom. The van der Waals surface area contributed by atoms with Crippen molar-refractivity contribution in [2.45, 2.75) is 26.2 Å². The summed E-state index contributed by atoms with van der Waals surface area (Å²) in [6.07, 6.45) is 0. The Labute approximate surface area is 130 Å². The van der Waals surface area contributed by atoms with Gasteiger partial charge in [0.15, 0.2) is 0 Å². The van der Waals surface area contributed by atoms with E-state index in [-0.39, 0.29) is 17.0 Å². The molecule has 0 radical (unpaired) electrons. The topological polar surface area (TPSA) is 17.1 Å². The van der Waals surface area contributed by atoms with Gasteiger partial charge in [-0.25, -0.2) is 4.39 Å². The van der Waals surface area contributed by atoms with Crippen molar-refractivity contribution in [3.63, 3.8) is 0 Å². The van der Waals surface area contributed by atoms with Gasteiger partial charge in [-0.3, -0.25) is 4.79 Å². The van der Waals surface area contributed by atoms with Gasteiger partial charge in [0.25, 0.3) is 0 Å². The SMILES string of the molecule is CC(C)(C)c1ccc(C(=O)c2ccc(F)cc2I)s1. The van der Waals surface area contributed by atoms with Crippen molar-refractivity contribution in [2.24, 2.45) is 0 Å².